The summed E-state index contributed by atoms with van der Waals surface area (Å²) >= 11 is 0. The van der Waals surface area contributed by atoms with E-state index in [-0.39, 0.29) is 0 Å². The number of alkyl halides is 1. The zero-order chi connectivity index (χ0) is 15.9. The Hall–Kier alpha value is -0.190. The molecular formula is C19H34FNO2. The van der Waals surface area contributed by atoms with E-state index in [9.17, 15) is 4.39 Å². The van der Waals surface area contributed by atoms with Crippen LogP contribution < -0.4 is 0 Å². The summed E-state index contributed by atoms with van der Waals surface area (Å²) in [5.74, 6) is 0.594. The normalized spacial score (nSPS) is 36.4. The number of likely N-dealkylation sites (tertiary alicyclic amines) is 1. The van der Waals surface area contributed by atoms with Gasteiger partial charge in [-0.3, -0.25) is 0 Å². The van der Waals surface area contributed by atoms with E-state index >= 15 is 0 Å². The molecule has 0 unspecified atom stereocenters. The topological polar surface area (TPSA) is 21.7 Å². The molecule has 0 bridgehead atoms. The summed E-state index contributed by atoms with van der Waals surface area (Å²) in [7, 11) is 0. The average Bonchev–Trinajstić information content (AvgIpc) is 3.09. The van der Waals surface area contributed by atoms with Crippen LogP contribution in [0.3, 0.4) is 0 Å². The molecule has 1 saturated heterocycles. The van der Waals surface area contributed by atoms with Crippen LogP contribution in [0.5, 0.6) is 0 Å². The number of ether oxygens (including phenoxy) is 2. The molecule has 0 amide bonds. The monoisotopic (exact) mass is 327 g/mol. The number of rotatable bonds is 7. The zero-order valence-electron chi connectivity index (χ0n) is 14.6. The molecule has 1 aliphatic heterocycles. The number of hydrogen-bond acceptors (Lipinski definition) is 3. The molecular weight excluding hydrogens is 293 g/mol. The quantitative estimate of drug-likeness (QED) is 0.706. The lowest BCUT2D eigenvalue weighted by Crippen LogP contribution is -2.31. The number of hydrogen-bond donors (Lipinski definition) is 0. The summed E-state index contributed by atoms with van der Waals surface area (Å²) in [5, 5.41) is 0. The van der Waals surface area contributed by atoms with Crippen molar-refractivity contribution in [3.8, 4) is 0 Å². The molecule has 0 spiro atoms. The highest BCUT2D eigenvalue weighted by atomic mass is 19.1. The Labute approximate surface area is 140 Å². The van der Waals surface area contributed by atoms with Crippen LogP contribution in [-0.2, 0) is 9.47 Å². The molecule has 0 aromatic carbocycles. The Kier molecular flexibility index (Phi) is 7.15. The lowest BCUT2D eigenvalue weighted by atomic mass is 9.88. The molecule has 0 atom stereocenters. The largest absolute Gasteiger partial charge is 0.378 e. The molecule has 4 heteroatoms. The van der Waals surface area contributed by atoms with Gasteiger partial charge in [0.1, 0.15) is 6.17 Å². The maximum Gasteiger partial charge on any atom is 0.100 e. The Morgan fingerprint density at radius 1 is 0.783 bits per heavy atom. The third-order valence-corrected chi connectivity index (χ3v) is 5.92. The highest BCUT2D eigenvalue weighted by molar-refractivity contribution is 4.76. The summed E-state index contributed by atoms with van der Waals surface area (Å²) in [5.41, 5.74) is 0. The Morgan fingerprint density at radius 3 is 2.04 bits per heavy atom. The van der Waals surface area contributed by atoms with Crippen LogP contribution in [0.1, 0.15) is 64.2 Å². The molecule has 3 rings (SSSR count). The molecule has 0 N–H and O–H groups in total. The first-order valence-corrected chi connectivity index (χ1v) is 9.89. The van der Waals surface area contributed by atoms with Gasteiger partial charge >= 0.3 is 0 Å². The predicted molar refractivity (Wildman–Crippen MR) is 90.5 cm³/mol. The first-order chi connectivity index (χ1) is 11.3. The highest BCUT2D eigenvalue weighted by Crippen LogP contribution is 2.29. The molecule has 0 aromatic heterocycles. The van der Waals surface area contributed by atoms with Crippen molar-refractivity contribution in [2.75, 3.05) is 32.8 Å². The van der Waals surface area contributed by atoms with E-state index in [4.69, 9.17) is 9.47 Å². The van der Waals surface area contributed by atoms with Crippen molar-refractivity contribution in [1.82, 2.24) is 4.90 Å². The molecule has 0 radical (unpaired) electrons. The Morgan fingerprint density at radius 2 is 1.39 bits per heavy atom. The molecule has 3 nitrogen and oxygen atoms in total. The van der Waals surface area contributed by atoms with Crippen molar-refractivity contribution >= 4 is 0 Å². The van der Waals surface area contributed by atoms with E-state index in [1.807, 2.05) is 0 Å². The van der Waals surface area contributed by atoms with Crippen LogP contribution in [0.4, 0.5) is 4.39 Å². The van der Waals surface area contributed by atoms with Gasteiger partial charge in [0.25, 0.3) is 0 Å². The molecule has 134 valence electrons. The molecule has 3 fully saturated rings. The summed E-state index contributed by atoms with van der Waals surface area (Å²) in [4.78, 5) is 2.51. The number of halogens is 1. The van der Waals surface area contributed by atoms with Crippen molar-refractivity contribution in [2.45, 2.75) is 82.6 Å². The first kappa shape index (κ1) is 17.6. The van der Waals surface area contributed by atoms with Crippen LogP contribution in [0.15, 0.2) is 0 Å². The van der Waals surface area contributed by atoms with Crippen molar-refractivity contribution in [3.63, 3.8) is 0 Å². The van der Waals surface area contributed by atoms with Gasteiger partial charge in [-0.2, -0.15) is 0 Å². The van der Waals surface area contributed by atoms with E-state index in [1.54, 1.807) is 0 Å². The van der Waals surface area contributed by atoms with Crippen molar-refractivity contribution in [1.29, 1.82) is 0 Å². The van der Waals surface area contributed by atoms with E-state index in [0.29, 0.717) is 18.1 Å². The minimum absolute atomic E-state index is 0.413. The van der Waals surface area contributed by atoms with Crippen LogP contribution in [0.25, 0.3) is 0 Å². The van der Waals surface area contributed by atoms with Gasteiger partial charge in [0.05, 0.1) is 18.8 Å². The zero-order valence-corrected chi connectivity index (χ0v) is 14.6. The lowest BCUT2D eigenvalue weighted by Gasteiger charge is -2.31. The van der Waals surface area contributed by atoms with Gasteiger partial charge in [-0.25, -0.2) is 4.39 Å². The molecule has 0 aromatic rings. The third kappa shape index (κ3) is 5.99. The van der Waals surface area contributed by atoms with Crippen molar-refractivity contribution in [2.24, 2.45) is 5.92 Å². The SMILES string of the molecule is FC1CCC(COC2CCC(OCCN3CCCC3)CC2)CC1. The standard InChI is InChI=1S/C19H34FNO2/c20-17-5-3-16(4-6-17)15-23-19-9-7-18(8-10-19)22-14-13-21-11-1-2-12-21/h16-19H,1-15H2. The summed E-state index contributed by atoms with van der Waals surface area (Å²) in [6.07, 6.45) is 11.1. The van der Waals surface area contributed by atoms with E-state index in [0.717, 1.165) is 71.1 Å². The fourth-order valence-corrected chi connectivity index (χ4v) is 4.28. The van der Waals surface area contributed by atoms with E-state index in [1.165, 1.54) is 25.9 Å². The molecule has 23 heavy (non-hydrogen) atoms. The van der Waals surface area contributed by atoms with Gasteiger partial charge in [0, 0.05) is 13.2 Å². The fourth-order valence-electron chi connectivity index (χ4n) is 4.28. The van der Waals surface area contributed by atoms with E-state index in [2.05, 4.69) is 4.90 Å². The van der Waals surface area contributed by atoms with Gasteiger partial charge in [0.15, 0.2) is 0 Å². The van der Waals surface area contributed by atoms with Crippen LogP contribution in [0.2, 0.25) is 0 Å². The summed E-state index contributed by atoms with van der Waals surface area (Å²) in [6, 6.07) is 0. The maximum atomic E-state index is 13.1. The van der Waals surface area contributed by atoms with Gasteiger partial charge in [-0.15, -0.1) is 0 Å². The van der Waals surface area contributed by atoms with Crippen LogP contribution >= 0.6 is 0 Å². The second-order valence-corrected chi connectivity index (χ2v) is 7.77. The summed E-state index contributed by atoms with van der Waals surface area (Å²) < 4.78 is 25.3. The molecule has 2 aliphatic carbocycles. The Bertz CT molecular complexity index is 319. The van der Waals surface area contributed by atoms with Gasteiger partial charge in [0.2, 0.25) is 0 Å². The van der Waals surface area contributed by atoms with Crippen molar-refractivity contribution < 1.29 is 13.9 Å². The molecule has 2 saturated carbocycles. The second-order valence-electron chi connectivity index (χ2n) is 7.77. The highest BCUT2D eigenvalue weighted by Gasteiger charge is 2.25. The lowest BCUT2D eigenvalue weighted by molar-refractivity contribution is -0.0463. The first-order valence-electron chi connectivity index (χ1n) is 9.89. The van der Waals surface area contributed by atoms with Gasteiger partial charge < -0.3 is 14.4 Å². The van der Waals surface area contributed by atoms with Crippen LogP contribution in [-0.4, -0.2) is 56.1 Å². The smallest absolute Gasteiger partial charge is 0.100 e. The fraction of sp³-hybridized carbons (Fsp3) is 1.00. The maximum absolute atomic E-state index is 13.1. The second kappa shape index (κ2) is 9.33. The third-order valence-electron chi connectivity index (χ3n) is 5.92. The Balaban J connectivity index is 1.22. The van der Waals surface area contributed by atoms with Crippen LogP contribution in [0, 0.1) is 5.92 Å². The van der Waals surface area contributed by atoms with Crippen molar-refractivity contribution in [3.05, 3.63) is 0 Å². The minimum Gasteiger partial charge on any atom is -0.378 e. The molecule has 3 aliphatic rings. The van der Waals surface area contributed by atoms with Gasteiger partial charge in [-0.05, 0) is 83.2 Å². The summed E-state index contributed by atoms with van der Waals surface area (Å²) in [6.45, 7) is 5.36. The van der Waals surface area contributed by atoms with Gasteiger partial charge in [-0.1, -0.05) is 0 Å². The molecule has 1 heterocycles. The number of nitrogens with zero attached hydrogens (tertiary/aromatic N) is 1. The predicted octanol–water partition coefficient (Wildman–Crippen LogP) is 3.95. The minimum atomic E-state index is -0.556. The van der Waals surface area contributed by atoms with E-state index < -0.39 is 6.17 Å². The average molecular weight is 327 g/mol.